The van der Waals surface area contributed by atoms with Crippen molar-refractivity contribution >= 4 is 17.1 Å². The lowest BCUT2D eigenvalue weighted by molar-refractivity contribution is 0.237. The van der Waals surface area contributed by atoms with E-state index in [1.165, 1.54) is 0 Å². The van der Waals surface area contributed by atoms with Gasteiger partial charge in [0.25, 0.3) is 0 Å². The van der Waals surface area contributed by atoms with E-state index in [4.69, 9.17) is 0 Å². The van der Waals surface area contributed by atoms with Crippen molar-refractivity contribution in [2.45, 2.75) is 31.8 Å². The molecule has 1 saturated carbocycles. The number of hydrogen-bond donors (Lipinski definition) is 3. The summed E-state index contributed by atoms with van der Waals surface area (Å²) >= 11 is 0. The van der Waals surface area contributed by atoms with E-state index in [1.807, 2.05) is 31.2 Å². The normalized spacial score (nSPS) is 16.5. The van der Waals surface area contributed by atoms with Crippen LogP contribution >= 0.6 is 0 Å². The average molecular weight is 244 g/mol. The highest BCUT2D eigenvalue weighted by Crippen LogP contribution is 2.19. The summed E-state index contributed by atoms with van der Waals surface area (Å²) in [6.07, 6.45) is 2.18. The van der Waals surface area contributed by atoms with Crippen molar-refractivity contribution in [3.8, 4) is 0 Å². The van der Waals surface area contributed by atoms with Gasteiger partial charge < -0.3 is 15.6 Å². The first-order valence-corrected chi connectivity index (χ1v) is 6.24. The molecule has 0 aliphatic heterocycles. The quantitative estimate of drug-likeness (QED) is 0.773. The van der Waals surface area contributed by atoms with Gasteiger partial charge >= 0.3 is 6.03 Å². The van der Waals surface area contributed by atoms with E-state index < -0.39 is 0 Å². The molecular weight excluding hydrogens is 228 g/mol. The van der Waals surface area contributed by atoms with Crippen LogP contribution in [0.3, 0.4) is 0 Å². The highest BCUT2D eigenvalue weighted by molar-refractivity contribution is 5.76. The van der Waals surface area contributed by atoms with Gasteiger partial charge in [-0.1, -0.05) is 12.1 Å². The number of H-pyrrole nitrogens is 1. The minimum absolute atomic E-state index is 0.120. The molecule has 3 N–H and O–H groups in total. The Morgan fingerprint density at radius 3 is 2.94 bits per heavy atom. The molecule has 5 heteroatoms. The Labute approximate surface area is 105 Å². The van der Waals surface area contributed by atoms with E-state index in [0.717, 1.165) is 29.7 Å². The molecule has 1 aromatic carbocycles. The number of amides is 2. The second kappa shape index (κ2) is 4.33. The molecule has 1 unspecified atom stereocenters. The molecule has 1 aliphatic carbocycles. The van der Waals surface area contributed by atoms with Gasteiger partial charge in [-0.2, -0.15) is 0 Å². The Bertz CT molecular complexity index is 540. The molecule has 18 heavy (non-hydrogen) atoms. The van der Waals surface area contributed by atoms with E-state index in [1.54, 1.807) is 0 Å². The van der Waals surface area contributed by atoms with Crippen LogP contribution in [0.2, 0.25) is 0 Å². The number of rotatable bonds is 3. The van der Waals surface area contributed by atoms with Crippen LogP contribution in [-0.2, 0) is 0 Å². The molecule has 1 atom stereocenters. The Kier molecular flexibility index (Phi) is 2.66. The number of carbonyl (C=O) groups is 1. The minimum atomic E-state index is -0.129. The highest BCUT2D eigenvalue weighted by atomic mass is 16.2. The lowest BCUT2D eigenvalue weighted by Gasteiger charge is -2.11. The molecule has 5 nitrogen and oxygen atoms in total. The number of para-hydroxylation sites is 2. The van der Waals surface area contributed by atoms with Crippen LogP contribution < -0.4 is 10.6 Å². The SMILES string of the molecule is CC(NC(=O)NC1CC1)c1nc2ccccc2[nH]1. The zero-order valence-electron chi connectivity index (χ0n) is 10.2. The summed E-state index contributed by atoms with van der Waals surface area (Å²) in [5.41, 5.74) is 1.91. The van der Waals surface area contributed by atoms with Crippen molar-refractivity contribution in [1.82, 2.24) is 20.6 Å². The zero-order chi connectivity index (χ0) is 12.5. The van der Waals surface area contributed by atoms with Gasteiger partial charge in [-0.05, 0) is 31.9 Å². The summed E-state index contributed by atoms with van der Waals surface area (Å²) in [7, 11) is 0. The summed E-state index contributed by atoms with van der Waals surface area (Å²) in [5.74, 6) is 0.780. The average Bonchev–Trinajstić information content (AvgIpc) is 3.05. The molecule has 0 spiro atoms. The minimum Gasteiger partial charge on any atom is -0.340 e. The van der Waals surface area contributed by atoms with Crippen LogP contribution in [0.1, 0.15) is 31.6 Å². The molecule has 1 fully saturated rings. The van der Waals surface area contributed by atoms with E-state index in [0.29, 0.717) is 6.04 Å². The van der Waals surface area contributed by atoms with Crippen LogP contribution in [0.25, 0.3) is 11.0 Å². The number of fused-ring (bicyclic) bond motifs is 1. The summed E-state index contributed by atoms with van der Waals surface area (Å²) < 4.78 is 0. The standard InChI is InChI=1S/C13H16N4O/c1-8(14-13(18)15-9-6-7-9)12-16-10-4-2-3-5-11(10)17-12/h2-5,8-9H,6-7H2,1H3,(H,16,17)(H2,14,15,18). The highest BCUT2D eigenvalue weighted by Gasteiger charge is 2.24. The summed E-state index contributed by atoms with van der Waals surface area (Å²) in [4.78, 5) is 19.3. The predicted octanol–water partition coefficient (Wildman–Crippen LogP) is 2.09. The third kappa shape index (κ3) is 2.30. The Morgan fingerprint density at radius 1 is 1.44 bits per heavy atom. The van der Waals surface area contributed by atoms with Gasteiger partial charge in [-0.25, -0.2) is 9.78 Å². The molecule has 3 rings (SSSR count). The number of benzene rings is 1. The van der Waals surface area contributed by atoms with Crippen LogP contribution in [0.15, 0.2) is 24.3 Å². The molecule has 1 aliphatic rings. The summed E-state index contributed by atoms with van der Waals surface area (Å²) in [6.45, 7) is 1.92. The van der Waals surface area contributed by atoms with Gasteiger partial charge in [-0.15, -0.1) is 0 Å². The lowest BCUT2D eigenvalue weighted by atomic mass is 10.3. The first-order valence-electron chi connectivity index (χ1n) is 6.24. The summed E-state index contributed by atoms with van der Waals surface area (Å²) in [5, 5.41) is 5.78. The number of aromatic amines is 1. The molecule has 1 heterocycles. The van der Waals surface area contributed by atoms with E-state index in [9.17, 15) is 4.79 Å². The molecule has 94 valence electrons. The largest absolute Gasteiger partial charge is 0.340 e. The van der Waals surface area contributed by atoms with Gasteiger partial charge in [0.15, 0.2) is 0 Å². The fourth-order valence-electron chi connectivity index (χ4n) is 1.90. The van der Waals surface area contributed by atoms with Crippen LogP contribution in [-0.4, -0.2) is 22.0 Å². The zero-order valence-corrected chi connectivity index (χ0v) is 10.2. The van der Waals surface area contributed by atoms with Crippen LogP contribution in [0.4, 0.5) is 4.79 Å². The smallest absolute Gasteiger partial charge is 0.315 e. The number of aromatic nitrogens is 2. The van der Waals surface area contributed by atoms with E-state index in [2.05, 4.69) is 20.6 Å². The van der Waals surface area contributed by atoms with Gasteiger partial charge in [0.1, 0.15) is 5.82 Å². The lowest BCUT2D eigenvalue weighted by Crippen LogP contribution is -2.38. The maximum Gasteiger partial charge on any atom is 0.315 e. The Balaban J connectivity index is 1.70. The van der Waals surface area contributed by atoms with Gasteiger partial charge in [-0.3, -0.25) is 0 Å². The number of nitrogens with zero attached hydrogens (tertiary/aromatic N) is 1. The molecule has 2 aromatic rings. The van der Waals surface area contributed by atoms with Gasteiger partial charge in [0, 0.05) is 6.04 Å². The molecule has 0 bridgehead atoms. The molecule has 2 amide bonds. The second-order valence-corrected chi connectivity index (χ2v) is 4.75. The van der Waals surface area contributed by atoms with Gasteiger partial charge in [0.05, 0.1) is 17.1 Å². The third-order valence-electron chi connectivity index (χ3n) is 3.08. The molecule has 1 aromatic heterocycles. The number of imidazole rings is 1. The number of nitrogens with one attached hydrogen (secondary N) is 3. The maximum absolute atomic E-state index is 11.6. The van der Waals surface area contributed by atoms with Crippen molar-refractivity contribution in [2.75, 3.05) is 0 Å². The van der Waals surface area contributed by atoms with Crippen LogP contribution in [0.5, 0.6) is 0 Å². The second-order valence-electron chi connectivity index (χ2n) is 4.75. The topological polar surface area (TPSA) is 69.8 Å². The summed E-state index contributed by atoms with van der Waals surface area (Å²) in [6, 6.07) is 7.96. The molecule has 0 saturated heterocycles. The number of urea groups is 1. The molecular formula is C13H16N4O. The van der Waals surface area contributed by atoms with E-state index in [-0.39, 0.29) is 12.1 Å². The third-order valence-corrected chi connectivity index (χ3v) is 3.08. The van der Waals surface area contributed by atoms with Crippen molar-refractivity contribution in [1.29, 1.82) is 0 Å². The van der Waals surface area contributed by atoms with Crippen molar-refractivity contribution in [2.24, 2.45) is 0 Å². The van der Waals surface area contributed by atoms with Crippen molar-refractivity contribution in [3.63, 3.8) is 0 Å². The number of carbonyl (C=O) groups excluding carboxylic acids is 1. The maximum atomic E-state index is 11.6. The first-order chi connectivity index (χ1) is 8.72. The van der Waals surface area contributed by atoms with E-state index >= 15 is 0 Å². The van der Waals surface area contributed by atoms with Crippen LogP contribution in [0, 0.1) is 0 Å². The monoisotopic (exact) mass is 244 g/mol. The van der Waals surface area contributed by atoms with Crippen molar-refractivity contribution in [3.05, 3.63) is 30.1 Å². The fourth-order valence-corrected chi connectivity index (χ4v) is 1.90. The first kappa shape index (κ1) is 11.1. The molecule has 0 radical (unpaired) electrons. The Morgan fingerprint density at radius 2 is 2.22 bits per heavy atom. The van der Waals surface area contributed by atoms with Gasteiger partial charge in [0.2, 0.25) is 0 Å². The van der Waals surface area contributed by atoms with Crippen molar-refractivity contribution < 1.29 is 4.79 Å². The number of hydrogen-bond acceptors (Lipinski definition) is 2. The Hall–Kier alpha value is -2.04. The fraction of sp³-hybridized carbons (Fsp3) is 0.385. The predicted molar refractivity (Wildman–Crippen MR) is 69.2 cm³/mol.